The maximum absolute atomic E-state index is 12.6. The molecular formula is C29H36ClN7OS. The van der Waals surface area contributed by atoms with Crippen LogP contribution in [0.2, 0.25) is 5.02 Å². The number of nitrogens with one attached hydrogen (secondary N) is 4. The third-order valence-corrected chi connectivity index (χ3v) is 7.29. The molecule has 0 atom stereocenters. The van der Waals surface area contributed by atoms with Crippen molar-refractivity contribution in [3.05, 3.63) is 93.6 Å². The fraction of sp³-hybridized carbons (Fsp3) is 0.345. The molecule has 0 unspecified atom stereocenters. The molecule has 4 rings (SSSR count). The first-order chi connectivity index (χ1) is 18.8. The van der Waals surface area contributed by atoms with E-state index in [1.807, 2.05) is 21.1 Å². The topological polar surface area (TPSA) is 84.6 Å². The Labute approximate surface area is 241 Å². The molecule has 1 aliphatic rings. The van der Waals surface area contributed by atoms with Gasteiger partial charge in [-0.3, -0.25) is 15.6 Å². The second-order valence-corrected chi connectivity index (χ2v) is 10.8. The van der Waals surface area contributed by atoms with E-state index < -0.39 is 0 Å². The van der Waals surface area contributed by atoms with Crippen LogP contribution in [-0.4, -0.2) is 73.1 Å². The Morgan fingerprint density at radius 3 is 2.26 bits per heavy atom. The Morgan fingerprint density at radius 2 is 1.64 bits per heavy atom. The highest BCUT2D eigenvalue weighted by molar-refractivity contribution is 7.80. The van der Waals surface area contributed by atoms with Crippen molar-refractivity contribution in [2.24, 2.45) is 0 Å². The van der Waals surface area contributed by atoms with E-state index in [4.69, 9.17) is 23.8 Å². The van der Waals surface area contributed by atoms with Crippen LogP contribution in [0.4, 0.5) is 5.82 Å². The number of amides is 1. The smallest absolute Gasteiger partial charge is 0.252 e. The third kappa shape index (κ3) is 7.89. The van der Waals surface area contributed by atoms with Crippen molar-refractivity contribution in [3.63, 3.8) is 0 Å². The van der Waals surface area contributed by atoms with Crippen molar-refractivity contribution in [2.75, 3.05) is 52.7 Å². The van der Waals surface area contributed by atoms with Crippen molar-refractivity contribution in [2.45, 2.75) is 18.9 Å². The van der Waals surface area contributed by atoms with Gasteiger partial charge in [-0.2, -0.15) is 0 Å². The number of aromatic nitrogens is 1. The Kier molecular flexibility index (Phi) is 10.1. The number of nitrogens with zero attached hydrogens (tertiary/aromatic N) is 3. The van der Waals surface area contributed by atoms with Crippen molar-refractivity contribution in [1.29, 1.82) is 0 Å². The van der Waals surface area contributed by atoms with Crippen molar-refractivity contribution < 1.29 is 4.79 Å². The molecule has 1 amide bonds. The van der Waals surface area contributed by atoms with Gasteiger partial charge < -0.3 is 20.4 Å². The average Bonchev–Trinajstić information content (AvgIpc) is 3.08. The summed E-state index contributed by atoms with van der Waals surface area (Å²) in [5.74, 6) is 0.162. The summed E-state index contributed by atoms with van der Waals surface area (Å²) in [5, 5.41) is 7.09. The third-order valence-electron chi connectivity index (χ3n) is 6.78. The molecule has 0 bridgehead atoms. The summed E-state index contributed by atoms with van der Waals surface area (Å²) < 4.78 is 0. The van der Waals surface area contributed by atoms with Crippen LogP contribution in [0.1, 0.15) is 38.7 Å². The second-order valence-electron chi connectivity index (χ2n) is 9.97. The summed E-state index contributed by atoms with van der Waals surface area (Å²) in [6.07, 6.45) is 3.46. The number of thiocarbonyl (C=S) groups is 1. The molecule has 0 fully saturated rings. The monoisotopic (exact) mass is 565 g/mol. The molecule has 2 aromatic carbocycles. The zero-order valence-corrected chi connectivity index (χ0v) is 24.2. The predicted molar refractivity (Wildman–Crippen MR) is 162 cm³/mol. The van der Waals surface area contributed by atoms with Gasteiger partial charge in [-0.05, 0) is 74.5 Å². The maximum Gasteiger partial charge on any atom is 0.252 e. The van der Waals surface area contributed by atoms with E-state index in [0.717, 1.165) is 32.5 Å². The fourth-order valence-electron chi connectivity index (χ4n) is 4.56. The van der Waals surface area contributed by atoms with E-state index in [9.17, 15) is 4.79 Å². The molecule has 4 N–H and O–H groups in total. The number of hydrazine groups is 1. The van der Waals surface area contributed by atoms with Gasteiger partial charge in [-0.15, -0.1) is 0 Å². The number of halogens is 1. The molecule has 0 aliphatic heterocycles. The molecule has 206 valence electrons. The average molecular weight is 566 g/mol. The molecule has 3 aromatic rings. The van der Waals surface area contributed by atoms with Crippen LogP contribution in [-0.2, 0) is 12.8 Å². The first kappa shape index (κ1) is 28.8. The summed E-state index contributed by atoms with van der Waals surface area (Å²) in [5.41, 5.74) is 11.4. The SMILES string of the molecule is CN(C)CCN(C)CCNC(=O)c1cnc(NNC(=S)NC2c3ccccc3CCc3ccccc32)c(Cl)c1. The number of pyridine rings is 1. The number of carbonyl (C=O) groups excluding carboxylic acids is 1. The fourth-order valence-corrected chi connectivity index (χ4v) is 4.94. The van der Waals surface area contributed by atoms with E-state index in [0.29, 0.717) is 28.1 Å². The van der Waals surface area contributed by atoms with Gasteiger partial charge in [0.2, 0.25) is 0 Å². The van der Waals surface area contributed by atoms with E-state index in [1.54, 1.807) is 6.07 Å². The number of carbonyl (C=O) groups is 1. The van der Waals surface area contributed by atoms with Crippen LogP contribution in [0, 0.1) is 0 Å². The summed E-state index contributed by atoms with van der Waals surface area (Å²) in [4.78, 5) is 21.2. The highest BCUT2D eigenvalue weighted by Crippen LogP contribution is 2.32. The Balaban J connectivity index is 1.33. The van der Waals surface area contributed by atoms with Crippen LogP contribution >= 0.6 is 23.8 Å². The highest BCUT2D eigenvalue weighted by Gasteiger charge is 2.24. The molecule has 8 nitrogen and oxygen atoms in total. The second kappa shape index (κ2) is 13.7. The van der Waals surface area contributed by atoms with E-state index in [-0.39, 0.29) is 11.9 Å². The zero-order valence-electron chi connectivity index (χ0n) is 22.6. The Hall–Kier alpha value is -3.24. The number of rotatable bonds is 10. The molecule has 1 aliphatic carbocycles. The maximum atomic E-state index is 12.6. The van der Waals surface area contributed by atoms with Gasteiger partial charge in [0.1, 0.15) is 0 Å². The largest absolute Gasteiger partial charge is 0.351 e. The van der Waals surface area contributed by atoms with E-state index in [1.165, 1.54) is 28.5 Å². The quantitative estimate of drug-likeness (QED) is 0.219. The van der Waals surface area contributed by atoms with Crippen LogP contribution in [0.5, 0.6) is 0 Å². The summed E-state index contributed by atoms with van der Waals surface area (Å²) in [6.45, 7) is 3.19. The number of likely N-dealkylation sites (N-methyl/N-ethyl adjacent to an activating group) is 2. The predicted octanol–water partition coefficient (Wildman–Crippen LogP) is 3.64. The molecular weight excluding hydrogens is 530 g/mol. The van der Waals surface area contributed by atoms with Gasteiger partial charge in [0.25, 0.3) is 5.91 Å². The highest BCUT2D eigenvalue weighted by atomic mass is 35.5. The number of hydrogen-bond donors (Lipinski definition) is 4. The molecule has 10 heteroatoms. The minimum atomic E-state index is -0.215. The van der Waals surface area contributed by atoms with Crippen molar-refractivity contribution in [3.8, 4) is 0 Å². The normalized spacial score (nSPS) is 12.9. The summed E-state index contributed by atoms with van der Waals surface area (Å²) >= 11 is 12.1. The van der Waals surface area contributed by atoms with Crippen LogP contribution in [0.25, 0.3) is 0 Å². The van der Waals surface area contributed by atoms with Crippen LogP contribution in [0.15, 0.2) is 60.8 Å². The lowest BCUT2D eigenvalue weighted by atomic mass is 9.95. The summed E-state index contributed by atoms with van der Waals surface area (Å²) in [7, 11) is 6.12. The zero-order chi connectivity index (χ0) is 27.8. The van der Waals surface area contributed by atoms with Gasteiger partial charge in [0.05, 0.1) is 16.6 Å². The number of benzene rings is 2. The van der Waals surface area contributed by atoms with Gasteiger partial charge in [0.15, 0.2) is 10.9 Å². The lowest BCUT2D eigenvalue weighted by Gasteiger charge is -2.24. The van der Waals surface area contributed by atoms with Crippen molar-refractivity contribution in [1.82, 2.24) is 30.8 Å². The summed E-state index contributed by atoms with van der Waals surface area (Å²) in [6, 6.07) is 18.4. The van der Waals surface area contributed by atoms with E-state index in [2.05, 4.69) is 84.8 Å². The Morgan fingerprint density at radius 1 is 1.00 bits per heavy atom. The molecule has 0 saturated heterocycles. The van der Waals surface area contributed by atoms with Crippen LogP contribution < -0.4 is 21.5 Å². The van der Waals surface area contributed by atoms with Crippen molar-refractivity contribution >= 4 is 40.7 Å². The number of aryl methyl sites for hydroxylation is 2. The molecule has 39 heavy (non-hydrogen) atoms. The molecule has 0 radical (unpaired) electrons. The minimum Gasteiger partial charge on any atom is -0.351 e. The number of hydrogen-bond acceptors (Lipinski definition) is 6. The van der Waals surface area contributed by atoms with Gasteiger partial charge in [-0.25, -0.2) is 4.98 Å². The van der Waals surface area contributed by atoms with E-state index >= 15 is 0 Å². The molecule has 0 saturated carbocycles. The molecule has 1 heterocycles. The molecule has 0 spiro atoms. The Bertz CT molecular complexity index is 1250. The lowest BCUT2D eigenvalue weighted by molar-refractivity contribution is 0.0949. The van der Waals surface area contributed by atoms with Gasteiger partial charge in [-0.1, -0.05) is 60.1 Å². The number of fused-ring (bicyclic) bond motifs is 2. The minimum absolute atomic E-state index is 0.0851. The van der Waals surface area contributed by atoms with Gasteiger partial charge >= 0.3 is 0 Å². The molecule has 1 aromatic heterocycles. The number of anilines is 1. The van der Waals surface area contributed by atoms with Gasteiger partial charge in [0, 0.05) is 32.4 Å². The first-order valence-electron chi connectivity index (χ1n) is 13.1. The van der Waals surface area contributed by atoms with Crippen LogP contribution in [0.3, 0.4) is 0 Å². The standard InChI is InChI=1S/C29H36ClN7OS/c1-36(2)16-17-37(3)15-14-31-28(38)22-18-25(30)27(32-19-22)34-35-29(39)33-26-23-10-6-4-8-20(23)12-13-21-9-5-7-11-24(21)26/h4-11,18-19,26H,12-17H2,1-3H3,(H,31,38)(H,32,34)(H2,33,35,39). The first-order valence-corrected chi connectivity index (χ1v) is 13.9. The lowest BCUT2D eigenvalue weighted by Crippen LogP contribution is -2.41.